The highest BCUT2D eigenvalue weighted by Crippen LogP contribution is 2.51. The highest BCUT2D eigenvalue weighted by Gasteiger charge is 2.47. The molecule has 3 fully saturated rings. The van der Waals surface area contributed by atoms with E-state index in [9.17, 15) is 27.3 Å². The van der Waals surface area contributed by atoms with Gasteiger partial charge in [0.2, 0.25) is 0 Å². The third-order valence-electron chi connectivity index (χ3n) is 8.74. The molecule has 2 aliphatic carbocycles. The van der Waals surface area contributed by atoms with E-state index in [1.165, 1.54) is 23.5 Å². The van der Waals surface area contributed by atoms with Crippen LogP contribution in [0.3, 0.4) is 0 Å². The average Bonchev–Trinajstić information content (AvgIpc) is 3.59. The van der Waals surface area contributed by atoms with E-state index in [0.717, 1.165) is 66.4 Å². The van der Waals surface area contributed by atoms with Gasteiger partial charge < -0.3 is 4.90 Å². The zero-order valence-corrected chi connectivity index (χ0v) is 24.2. The number of aromatic nitrogens is 1. The molecule has 214 valence electrons. The summed E-state index contributed by atoms with van der Waals surface area (Å²) in [6, 6.07) is 13.6. The Labute approximate surface area is 242 Å². The fraction of sp³-hybridized carbons (Fsp3) is 0.452. The van der Waals surface area contributed by atoms with E-state index < -0.39 is 26.9 Å². The van der Waals surface area contributed by atoms with Crippen LogP contribution in [0.5, 0.6) is 0 Å². The van der Waals surface area contributed by atoms with Crippen LogP contribution >= 0.6 is 11.3 Å². The van der Waals surface area contributed by atoms with Gasteiger partial charge in [-0.2, -0.15) is 5.26 Å². The van der Waals surface area contributed by atoms with E-state index >= 15 is 0 Å². The molecule has 41 heavy (non-hydrogen) atoms. The zero-order valence-electron chi connectivity index (χ0n) is 22.6. The Balaban J connectivity index is 1.37. The minimum atomic E-state index is -2.99. The molecule has 1 aromatic heterocycles. The van der Waals surface area contributed by atoms with Crippen LogP contribution in [0.4, 0.5) is 14.5 Å². The maximum absolute atomic E-state index is 14.2. The van der Waals surface area contributed by atoms with Crippen molar-refractivity contribution in [1.82, 2.24) is 4.98 Å². The quantitative estimate of drug-likeness (QED) is 0.309. The van der Waals surface area contributed by atoms with E-state index in [2.05, 4.69) is 11.0 Å². The number of carbonyl (C=O) groups excluding carboxylic acids is 1. The average molecular weight is 596 g/mol. The Bertz CT molecular complexity index is 1590. The molecular formula is C31H31F2N3O3S2. The molecule has 3 aliphatic rings. The number of rotatable bonds is 7. The maximum atomic E-state index is 14.2. The summed E-state index contributed by atoms with van der Waals surface area (Å²) in [5.74, 6) is -1.37. The first-order chi connectivity index (χ1) is 19.7. The Morgan fingerprint density at radius 2 is 1.68 bits per heavy atom. The highest BCUT2D eigenvalue weighted by atomic mass is 32.2. The van der Waals surface area contributed by atoms with Crippen molar-refractivity contribution in [2.24, 2.45) is 11.3 Å². The van der Waals surface area contributed by atoms with Crippen LogP contribution in [0.2, 0.25) is 0 Å². The van der Waals surface area contributed by atoms with Crippen LogP contribution < -0.4 is 4.90 Å². The Kier molecular flexibility index (Phi) is 7.45. The predicted octanol–water partition coefficient (Wildman–Crippen LogP) is 6.53. The number of Topliss-reactive ketones (excluding diaryl/α,β-unsaturated/α-hetero) is 1. The van der Waals surface area contributed by atoms with Crippen LogP contribution in [0.1, 0.15) is 56.6 Å². The SMILES string of the molecule is N#CC1(CC(=O)[C@@H]2CCCC[C@H]2c2nc(-c3cc(F)cc(F)c3)sc2-c2ccc(N3CCS(=O)(=O)CC3)cc2)CC1. The number of benzene rings is 2. The monoisotopic (exact) mass is 595 g/mol. The summed E-state index contributed by atoms with van der Waals surface area (Å²) in [4.78, 5) is 21.4. The van der Waals surface area contributed by atoms with Crippen LogP contribution in [0, 0.1) is 34.3 Å². The second kappa shape index (κ2) is 10.9. The third-order valence-corrected chi connectivity index (χ3v) is 11.5. The summed E-state index contributed by atoms with van der Waals surface area (Å²) < 4.78 is 52.0. The molecule has 1 saturated heterocycles. The summed E-state index contributed by atoms with van der Waals surface area (Å²) in [6.07, 6.45) is 5.21. The highest BCUT2D eigenvalue weighted by molar-refractivity contribution is 7.91. The van der Waals surface area contributed by atoms with Gasteiger partial charge in [0.15, 0.2) is 9.84 Å². The standard InChI is InChI=1S/C31H31F2N3O3S2/c32-22-15-21(16-23(33)17-22)30-35-28(26-4-2-1-3-25(26)27(37)18-31(19-34)9-10-31)29(40-30)20-5-7-24(8-6-20)36-11-13-41(38,39)14-12-36/h5-8,15-17,25-26H,1-4,9-14,18H2/t25-,26-/m1/s1. The number of hydrogen-bond donors (Lipinski definition) is 0. The molecule has 0 radical (unpaired) electrons. The van der Waals surface area contributed by atoms with E-state index in [1.54, 1.807) is 0 Å². The third kappa shape index (κ3) is 5.93. The Morgan fingerprint density at radius 3 is 2.32 bits per heavy atom. The number of hydrogen-bond acceptors (Lipinski definition) is 7. The number of ketones is 1. The zero-order chi connectivity index (χ0) is 28.8. The van der Waals surface area contributed by atoms with Gasteiger partial charge in [0.1, 0.15) is 22.4 Å². The van der Waals surface area contributed by atoms with Crippen molar-refractivity contribution in [1.29, 1.82) is 5.26 Å². The van der Waals surface area contributed by atoms with Crippen molar-refractivity contribution >= 4 is 32.6 Å². The molecule has 1 aliphatic heterocycles. The van der Waals surface area contributed by atoms with Crippen molar-refractivity contribution in [3.63, 3.8) is 0 Å². The van der Waals surface area contributed by atoms with Gasteiger partial charge in [-0.1, -0.05) is 25.0 Å². The van der Waals surface area contributed by atoms with Crippen molar-refractivity contribution in [3.05, 3.63) is 59.8 Å². The lowest BCUT2D eigenvalue weighted by atomic mass is 9.73. The topological polar surface area (TPSA) is 91.1 Å². The largest absolute Gasteiger partial charge is 0.369 e. The minimum Gasteiger partial charge on any atom is -0.369 e. The fourth-order valence-electron chi connectivity index (χ4n) is 6.17. The fourth-order valence-corrected chi connectivity index (χ4v) is 8.50. The number of nitriles is 1. The molecule has 2 aromatic carbocycles. The summed E-state index contributed by atoms with van der Waals surface area (Å²) in [5.41, 5.74) is 2.43. The van der Waals surface area contributed by atoms with Gasteiger partial charge in [0.25, 0.3) is 0 Å². The molecule has 2 saturated carbocycles. The molecule has 0 unspecified atom stereocenters. The molecule has 0 amide bonds. The number of sulfone groups is 1. The lowest BCUT2D eigenvalue weighted by Crippen LogP contribution is -2.40. The number of anilines is 1. The van der Waals surface area contributed by atoms with Gasteiger partial charge in [-0.25, -0.2) is 22.2 Å². The second-order valence-electron chi connectivity index (χ2n) is 11.6. The van der Waals surface area contributed by atoms with Gasteiger partial charge in [0.05, 0.1) is 33.6 Å². The van der Waals surface area contributed by atoms with Crippen molar-refractivity contribution in [3.8, 4) is 27.1 Å². The van der Waals surface area contributed by atoms with Crippen LogP contribution in [0.25, 0.3) is 21.0 Å². The van der Waals surface area contributed by atoms with Crippen LogP contribution in [-0.4, -0.2) is 43.8 Å². The number of halogens is 2. The van der Waals surface area contributed by atoms with Crippen molar-refractivity contribution in [2.75, 3.05) is 29.5 Å². The molecule has 3 aromatic rings. The minimum absolute atomic E-state index is 0.112. The van der Waals surface area contributed by atoms with Gasteiger partial charge >= 0.3 is 0 Å². The van der Waals surface area contributed by atoms with Gasteiger partial charge in [-0.15, -0.1) is 11.3 Å². The molecule has 10 heteroatoms. The summed E-state index contributed by atoms with van der Waals surface area (Å²) >= 11 is 1.36. The molecule has 0 N–H and O–H groups in total. The molecule has 0 bridgehead atoms. The molecule has 2 heterocycles. The molecule has 0 spiro atoms. The number of nitrogens with zero attached hydrogens (tertiary/aromatic N) is 3. The first kappa shape index (κ1) is 28.0. The first-order valence-electron chi connectivity index (χ1n) is 14.1. The predicted molar refractivity (Wildman–Crippen MR) is 155 cm³/mol. The number of carbonyl (C=O) groups is 1. The molecule has 6 nitrogen and oxygen atoms in total. The summed E-state index contributed by atoms with van der Waals surface area (Å²) in [6.45, 7) is 0.887. The Hall–Kier alpha value is -3.16. The van der Waals surface area contributed by atoms with Gasteiger partial charge in [-0.3, -0.25) is 4.79 Å². The molecule has 6 rings (SSSR count). The van der Waals surface area contributed by atoms with Crippen molar-refractivity contribution in [2.45, 2.75) is 50.9 Å². The number of thiazole rings is 1. The lowest BCUT2D eigenvalue weighted by molar-refractivity contribution is -0.125. The van der Waals surface area contributed by atoms with Crippen LogP contribution in [-0.2, 0) is 14.6 Å². The summed E-state index contributed by atoms with van der Waals surface area (Å²) in [5, 5.41) is 10.1. The lowest BCUT2D eigenvalue weighted by Gasteiger charge is -2.31. The van der Waals surface area contributed by atoms with E-state index in [-0.39, 0.29) is 35.5 Å². The van der Waals surface area contributed by atoms with E-state index in [0.29, 0.717) is 23.7 Å². The smallest absolute Gasteiger partial charge is 0.153 e. The normalized spacial score (nSPS) is 23.1. The van der Waals surface area contributed by atoms with Crippen LogP contribution in [0.15, 0.2) is 42.5 Å². The summed E-state index contributed by atoms with van der Waals surface area (Å²) in [7, 11) is -2.99. The van der Waals surface area contributed by atoms with E-state index in [4.69, 9.17) is 4.98 Å². The first-order valence-corrected chi connectivity index (χ1v) is 16.8. The Morgan fingerprint density at radius 1 is 1.02 bits per heavy atom. The van der Waals surface area contributed by atoms with Gasteiger partial charge in [-0.05, 0) is 55.5 Å². The molecule has 2 atom stereocenters. The van der Waals surface area contributed by atoms with Crippen molar-refractivity contribution < 1.29 is 22.0 Å². The second-order valence-corrected chi connectivity index (χ2v) is 14.9. The van der Waals surface area contributed by atoms with Gasteiger partial charge in [0, 0.05) is 48.7 Å². The molecular weight excluding hydrogens is 564 g/mol. The van der Waals surface area contributed by atoms with E-state index in [1.807, 2.05) is 24.3 Å². The maximum Gasteiger partial charge on any atom is 0.153 e.